The third-order valence-electron chi connectivity index (χ3n) is 2.70. The molecule has 2 N–H and O–H groups in total. The van der Waals surface area contributed by atoms with Gasteiger partial charge in [0.2, 0.25) is 10.0 Å². The minimum atomic E-state index is -3.49. The van der Waals surface area contributed by atoms with Gasteiger partial charge in [0, 0.05) is 6.54 Å². The van der Waals surface area contributed by atoms with Crippen molar-refractivity contribution in [1.82, 2.24) is 4.72 Å². The van der Waals surface area contributed by atoms with Crippen LogP contribution >= 0.6 is 11.3 Å². The summed E-state index contributed by atoms with van der Waals surface area (Å²) in [6.45, 7) is 0.595. The second-order valence-electron chi connectivity index (χ2n) is 4.34. The standard InChI is InChI=1S/C14H17NO4S2/c16-10-12-9-14(20-11-12)21(17,18)15-7-4-8-19-13-5-2-1-3-6-13/h1-3,5-6,9,11,15-16H,4,7-8,10H2. The lowest BCUT2D eigenvalue weighted by Gasteiger charge is -2.07. The Labute approximate surface area is 128 Å². The number of hydrogen-bond acceptors (Lipinski definition) is 5. The number of aliphatic hydroxyl groups is 1. The van der Waals surface area contributed by atoms with Crippen LogP contribution in [0.3, 0.4) is 0 Å². The molecule has 7 heteroatoms. The maximum atomic E-state index is 12.0. The van der Waals surface area contributed by atoms with Crippen LogP contribution in [0, 0.1) is 0 Å². The average Bonchev–Trinajstić information content (AvgIpc) is 2.98. The van der Waals surface area contributed by atoms with E-state index in [2.05, 4.69) is 4.72 Å². The molecule has 0 aliphatic carbocycles. The Morgan fingerprint density at radius 2 is 2.00 bits per heavy atom. The van der Waals surface area contributed by atoms with Gasteiger partial charge in [-0.25, -0.2) is 13.1 Å². The largest absolute Gasteiger partial charge is 0.494 e. The Bertz CT molecular complexity index is 653. The van der Waals surface area contributed by atoms with Crippen LogP contribution in [0.15, 0.2) is 46.0 Å². The summed E-state index contributed by atoms with van der Waals surface area (Å²) in [6.07, 6.45) is 0.576. The van der Waals surface area contributed by atoms with Crippen molar-refractivity contribution in [3.05, 3.63) is 47.3 Å². The highest BCUT2D eigenvalue weighted by Gasteiger charge is 2.15. The first-order valence-corrected chi connectivity index (χ1v) is 8.84. The van der Waals surface area contributed by atoms with E-state index < -0.39 is 10.0 Å². The molecule has 2 rings (SSSR count). The molecule has 2 aromatic rings. The van der Waals surface area contributed by atoms with Crippen molar-refractivity contribution in [3.8, 4) is 5.75 Å². The maximum Gasteiger partial charge on any atom is 0.250 e. The molecular weight excluding hydrogens is 310 g/mol. The van der Waals surface area contributed by atoms with Crippen LogP contribution < -0.4 is 9.46 Å². The van der Waals surface area contributed by atoms with Crippen LogP contribution in [0.25, 0.3) is 0 Å². The summed E-state index contributed by atoms with van der Waals surface area (Å²) in [6, 6.07) is 10.9. The van der Waals surface area contributed by atoms with Crippen molar-refractivity contribution < 1.29 is 18.3 Å². The molecule has 1 aromatic carbocycles. The second-order valence-corrected chi connectivity index (χ2v) is 7.25. The van der Waals surface area contributed by atoms with Crippen LogP contribution in [0.4, 0.5) is 0 Å². The zero-order chi connectivity index (χ0) is 15.1. The molecule has 0 spiro atoms. The highest BCUT2D eigenvalue weighted by molar-refractivity contribution is 7.91. The third kappa shape index (κ3) is 4.82. The van der Waals surface area contributed by atoms with E-state index in [0.29, 0.717) is 25.1 Å². The number of nitrogens with one attached hydrogen (secondary N) is 1. The fraction of sp³-hybridized carbons (Fsp3) is 0.286. The fourth-order valence-corrected chi connectivity index (χ4v) is 3.95. The molecule has 1 heterocycles. The van der Waals surface area contributed by atoms with Crippen LogP contribution in [-0.4, -0.2) is 26.7 Å². The van der Waals surface area contributed by atoms with Crippen molar-refractivity contribution in [2.75, 3.05) is 13.2 Å². The molecule has 0 aliphatic heterocycles. The number of benzene rings is 1. The van der Waals surface area contributed by atoms with E-state index in [1.165, 1.54) is 6.07 Å². The highest BCUT2D eigenvalue weighted by Crippen LogP contribution is 2.19. The summed E-state index contributed by atoms with van der Waals surface area (Å²) >= 11 is 1.10. The Morgan fingerprint density at radius 3 is 2.67 bits per heavy atom. The number of aliphatic hydroxyl groups excluding tert-OH is 1. The first kappa shape index (κ1) is 16.0. The second kappa shape index (κ2) is 7.56. The number of ether oxygens (including phenoxy) is 1. The number of thiophene rings is 1. The van der Waals surface area contributed by atoms with Gasteiger partial charge in [-0.15, -0.1) is 11.3 Å². The minimum absolute atomic E-state index is 0.156. The number of para-hydroxylation sites is 1. The lowest BCUT2D eigenvalue weighted by Crippen LogP contribution is -2.25. The molecular formula is C14H17NO4S2. The third-order valence-corrected chi connectivity index (χ3v) is 5.65. The molecule has 1 aromatic heterocycles. The SMILES string of the molecule is O=S(=O)(NCCCOc1ccccc1)c1cc(CO)cs1. The van der Waals surface area contributed by atoms with E-state index in [1.54, 1.807) is 5.38 Å². The molecule has 5 nitrogen and oxygen atoms in total. The van der Waals surface area contributed by atoms with E-state index in [1.807, 2.05) is 30.3 Å². The summed E-state index contributed by atoms with van der Waals surface area (Å²) in [5.74, 6) is 0.770. The summed E-state index contributed by atoms with van der Waals surface area (Å²) in [5, 5.41) is 10.6. The summed E-state index contributed by atoms with van der Waals surface area (Å²) in [4.78, 5) is 0. The Balaban J connectivity index is 1.75. The molecule has 0 radical (unpaired) electrons. The fourth-order valence-electron chi connectivity index (χ4n) is 1.63. The van der Waals surface area contributed by atoms with E-state index in [9.17, 15) is 8.42 Å². The van der Waals surface area contributed by atoms with Gasteiger partial charge in [0.1, 0.15) is 9.96 Å². The lowest BCUT2D eigenvalue weighted by molar-refractivity contribution is 0.282. The smallest absolute Gasteiger partial charge is 0.250 e. The molecule has 0 bridgehead atoms. The molecule has 0 saturated carbocycles. The van der Waals surface area contributed by atoms with Crippen molar-refractivity contribution in [2.45, 2.75) is 17.2 Å². The Kier molecular flexibility index (Phi) is 5.75. The van der Waals surface area contributed by atoms with Gasteiger partial charge in [-0.1, -0.05) is 18.2 Å². The van der Waals surface area contributed by atoms with Crippen LogP contribution in [0.5, 0.6) is 5.75 Å². The Morgan fingerprint density at radius 1 is 1.24 bits per heavy atom. The van der Waals surface area contributed by atoms with Crippen LogP contribution in [0.1, 0.15) is 12.0 Å². The normalized spacial score (nSPS) is 11.5. The average molecular weight is 327 g/mol. The molecule has 0 aliphatic rings. The number of hydrogen-bond donors (Lipinski definition) is 2. The first-order chi connectivity index (χ1) is 10.1. The minimum Gasteiger partial charge on any atom is -0.494 e. The van der Waals surface area contributed by atoms with E-state index in [0.717, 1.165) is 17.1 Å². The predicted molar refractivity (Wildman–Crippen MR) is 82.0 cm³/mol. The molecule has 0 amide bonds. The van der Waals surface area contributed by atoms with Gasteiger partial charge in [0.05, 0.1) is 13.2 Å². The van der Waals surface area contributed by atoms with Crippen LogP contribution in [-0.2, 0) is 16.6 Å². The van der Waals surface area contributed by atoms with E-state index in [4.69, 9.17) is 9.84 Å². The van der Waals surface area contributed by atoms with Crippen molar-refractivity contribution in [3.63, 3.8) is 0 Å². The van der Waals surface area contributed by atoms with Gasteiger partial charge in [0.15, 0.2) is 0 Å². The van der Waals surface area contributed by atoms with Crippen LogP contribution in [0.2, 0.25) is 0 Å². The van der Waals surface area contributed by atoms with E-state index >= 15 is 0 Å². The summed E-state index contributed by atoms with van der Waals surface area (Å²) in [5.41, 5.74) is 0.604. The van der Waals surface area contributed by atoms with Crippen molar-refractivity contribution in [1.29, 1.82) is 0 Å². The summed E-state index contributed by atoms with van der Waals surface area (Å²) < 4.78 is 32.2. The van der Waals surface area contributed by atoms with Crippen molar-refractivity contribution >= 4 is 21.4 Å². The van der Waals surface area contributed by atoms with Gasteiger partial charge in [0.25, 0.3) is 0 Å². The quantitative estimate of drug-likeness (QED) is 0.727. The molecule has 0 fully saturated rings. The van der Waals surface area contributed by atoms with Crippen molar-refractivity contribution in [2.24, 2.45) is 0 Å². The monoisotopic (exact) mass is 327 g/mol. The topological polar surface area (TPSA) is 75.6 Å². The number of rotatable bonds is 8. The van der Waals surface area contributed by atoms with Gasteiger partial charge in [-0.2, -0.15) is 0 Å². The van der Waals surface area contributed by atoms with E-state index in [-0.39, 0.29) is 10.8 Å². The molecule has 0 unspecified atom stereocenters. The number of sulfonamides is 1. The lowest BCUT2D eigenvalue weighted by atomic mass is 10.3. The highest BCUT2D eigenvalue weighted by atomic mass is 32.2. The zero-order valence-corrected chi connectivity index (χ0v) is 13.0. The molecule has 0 atom stereocenters. The Hall–Kier alpha value is -1.41. The zero-order valence-electron chi connectivity index (χ0n) is 11.4. The first-order valence-electron chi connectivity index (χ1n) is 6.47. The van der Waals surface area contributed by atoms with Gasteiger partial charge >= 0.3 is 0 Å². The maximum absolute atomic E-state index is 12.0. The van der Waals surface area contributed by atoms with Gasteiger partial charge < -0.3 is 9.84 Å². The predicted octanol–water partition coefficient (Wildman–Crippen LogP) is 1.99. The van der Waals surface area contributed by atoms with Gasteiger partial charge in [-0.05, 0) is 35.6 Å². The molecule has 21 heavy (non-hydrogen) atoms. The molecule has 114 valence electrons. The summed E-state index contributed by atoms with van der Waals surface area (Å²) in [7, 11) is -3.49. The molecule has 0 saturated heterocycles. The van der Waals surface area contributed by atoms with Gasteiger partial charge in [-0.3, -0.25) is 0 Å².